The molecule has 0 spiro atoms. The largest absolute Gasteiger partial charge is 0.423 e. The van der Waals surface area contributed by atoms with Gasteiger partial charge >= 0.3 is 12.0 Å². The van der Waals surface area contributed by atoms with Crippen LogP contribution < -0.4 is 15.4 Å². The van der Waals surface area contributed by atoms with Crippen LogP contribution in [0.1, 0.15) is 11.6 Å². The number of carbonyl (C=O) groups is 1. The van der Waals surface area contributed by atoms with E-state index in [1.54, 1.807) is 27.8 Å². The van der Waals surface area contributed by atoms with Crippen LogP contribution in [0.3, 0.4) is 0 Å². The van der Waals surface area contributed by atoms with E-state index < -0.39 is 0 Å². The molecular formula is C23H23N9O4. The minimum absolute atomic E-state index is 0.221. The number of nitrogens with one attached hydrogen (secondary N) is 2. The molecule has 0 saturated carbocycles. The van der Waals surface area contributed by atoms with Crippen LogP contribution in [0.2, 0.25) is 0 Å². The van der Waals surface area contributed by atoms with Crippen LogP contribution in [0.15, 0.2) is 67.3 Å². The van der Waals surface area contributed by atoms with E-state index in [2.05, 4.69) is 36.2 Å². The molecule has 0 unspecified atom stereocenters. The number of rotatable bonds is 7. The van der Waals surface area contributed by atoms with Crippen molar-refractivity contribution in [2.75, 3.05) is 13.2 Å². The van der Waals surface area contributed by atoms with Crippen LogP contribution in [0.4, 0.5) is 4.79 Å². The highest BCUT2D eigenvalue weighted by molar-refractivity contribution is 5.74. The highest BCUT2D eigenvalue weighted by Crippen LogP contribution is 2.36. The number of aromatic nitrogens is 7. The summed E-state index contributed by atoms with van der Waals surface area (Å²) in [6.45, 7) is 1.08. The van der Waals surface area contributed by atoms with Gasteiger partial charge in [0.15, 0.2) is 0 Å². The summed E-state index contributed by atoms with van der Waals surface area (Å²) in [5.41, 5.74) is 1.86. The number of amides is 2. The Morgan fingerprint density at radius 3 is 2.69 bits per heavy atom. The van der Waals surface area contributed by atoms with Crippen molar-refractivity contribution in [1.82, 2.24) is 45.6 Å². The molecule has 2 aliphatic rings. The van der Waals surface area contributed by atoms with Crippen LogP contribution in [0.25, 0.3) is 5.69 Å². The van der Waals surface area contributed by atoms with Gasteiger partial charge in [0.1, 0.15) is 36.7 Å². The second-order valence-electron chi connectivity index (χ2n) is 8.42. The number of carbonyl (C=O) groups excluding carboxylic acids is 1. The lowest BCUT2D eigenvalue weighted by Gasteiger charge is -2.18. The quantitative estimate of drug-likeness (QED) is 0.392. The first-order valence-electron chi connectivity index (χ1n) is 11.5. The van der Waals surface area contributed by atoms with Gasteiger partial charge in [0.2, 0.25) is 0 Å². The highest BCUT2D eigenvalue weighted by Gasteiger charge is 2.50. The molecule has 13 nitrogen and oxygen atoms in total. The van der Waals surface area contributed by atoms with Gasteiger partial charge < -0.3 is 24.8 Å². The molecule has 36 heavy (non-hydrogen) atoms. The second kappa shape index (κ2) is 9.71. The average molecular weight is 489 g/mol. The van der Waals surface area contributed by atoms with E-state index in [1.165, 1.54) is 6.33 Å². The van der Waals surface area contributed by atoms with E-state index in [0.717, 1.165) is 11.3 Å². The molecule has 4 aromatic rings. The molecule has 4 atom stereocenters. The van der Waals surface area contributed by atoms with Gasteiger partial charge in [-0.05, 0) is 40.3 Å². The standard InChI is InChI=1S/C23H23N9O4/c33-22(25-10-15-4-2-1-3-5-15)27-18-11-34-21-19(12-35-20(18)21)32-23(28-29-30-32)36-17-8-6-16(7-9-17)31-14-24-13-26-31/h1-9,13-14,18-21H,10-12H2,(H2,25,27,33)/t18-,19-,20+,21+/m0/s1. The molecular weight excluding hydrogens is 466 g/mol. The SMILES string of the molecule is O=C(NCc1ccccc1)N[C@H]1CO[C@H]2[C@@H]1OC[C@@H]2n1nnnc1Oc1ccc(-n2cncn2)cc1. The summed E-state index contributed by atoms with van der Waals surface area (Å²) < 4.78 is 21.1. The van der Waals surface area contributed by atoms with E-state index in [1.807, 2.05) is 42.5 Å². The number of hydrogen-bond acceptors (Lipinski definition) is 9. The van der Waals surface area contributed by atoms with Crippen LogP contribution >= 0.6 is 0 Å². The monoisotopic (exact) mass is 489 g/mol. The van der Waals surface area contributed by atoms with Crippen molar-refractivity contribution in [2.24, 2.45) is 0 Å². The summed E-state index contributed by atoms with van der Waals surface area (Å²) in [5.74, 6) is 0.562. The summed E-state index contributed by atoms with van der Waals surface area (Å²) in [5, 5.41) is 21.8. The lowest BCUT2D eigenvalue weighted by atomic mass is 10.1. The number of fused-ring (bicyclic) bond motifs is 1. The lowest BCUT2D eigenvalue weighted by molar-refractivity contribution is 0.0613. The molecule has 0 aliphatic carbocycles. The zero-order chi connectivity index (χ0) is 24.3. The van der Waals surface area contributed by atoms with Gasteiger partial charge in [-0.25, -0.2) is 14.5 Å². The van der Waals surface area contributed by atoms with Crippen LogP contribution in [0.5, 0.6) is 11.8 Å². The van der Waals surface area contributed by atoms with Crippen molar-refractivity contribution in [3.05, 3.63) is 72.8 Å². The van der Waals surface area contributed by atoms with Crippen molar-refractivity contribution >= 4 is 6.03 Å². The topological polar surface area (TPSA) is 143 Å². The van der Waals surface area contributed by atoms with E-state index in [-0.39, 0.29) is 36.3 Å². The van der Waals surface area contributed by atoms with Crippen LogP contribution in [-0.4, -0.2) is 72.5 Å². The number of ether oxygens (including phenoxy) is 3. The molecule has 2 fully saturated rings. The summed E-state index contributed by atoms with van der Waals surface area (Å²) in [6.07, 6.45) is 2.43. The number of hydrogen-bond donors (Lipinski definition) is 2. The molecule has 13 heteroatoms. The van der Waals surface area contributed by atoms with Gasteiger partial charge in [0.25, 0.3) is 0 Å². The fraction of sp³-hybridized carbons (Fsp3) is 0.304. The molecule has 2 aromatic carbocycles. The van der Waals surface area contributed by atoms with Crippen molar-refractivity contribution in [2.45, 2.75) is 30.8 Å². The van der Waals surface area contributed by atoms with Crippen molar-refractivity contribution < 1.29 is 19.0 Å². The average Bonchev–Trinajstić information content (AvgIpc) is 3.71. The molecule has 0 bridgehead atoms. The molecule has 2 aliphatic heterocycles. The predicted molar refractivity (Wildman–Crippen MR) is 123 cm³/mol. The van der Waals surface area contributed by atoms with Gasteiger partial charge in [-0.15, -0.1) is 0 Å². The number of tetrazole rings is 1. The summed E-state index contributed by atoms with van der Waals surface area (Å²) in [7, 11) is 0. The lowest BCUT2D eigenvalue weighted by Crippen LogP contribution is -2.48. The molecule has 2 aromatic heterocycles. The Kier molecular flexibility index (Phi) is 5.97. The second-order valence-corrected chi connectivity index (χ2v) is 8.42. The minimum Gasteiger partial charge on any atom is -0.423 e. The fourth-order valence-corrected chi connectivity index (χ4v) is 4.38. The molecule has 6 rings (SSSR count). The maximum Gasteiger partial charge on any atom is 0.341 e. The van der Waals surface area contributed by atoms with E-state index >= 15 is 0 Å². The summed E-state index contributed by atoms with van der Waals surface area (Å²) in [4.78, 5) is 16.4. The Bertz CT molecular complexity index is 1300. The van der Waals surface area contributed by atoms with Crippen molar-refractivity contribution in [1.29, 1.82) is 0 Å². The number of nitrogens with zero attached hydrogens (tertiary/aromatic N) is 7. The molecule has 2 amide bonds. The molecule has 2 N–H and O–H groups in total. The van der Waals surface area contributed by atoms with Gasteiger partial charge in [0, 0.05) is 6.54 Å². The maximum absolute atomic E-state index is 12.4. The van der Waals surface area contributed by atoms with Gasteiger partial charge in [-0.2, -0.15) is 9.78 Å². The third-order valence-electron chi connectivity index (χ3n) is 6.15. The fourth-order valence-electron chi connectivity index (χ4n) is 4.38. The van der Waals surface area contributed by atoms with E-state index in [0.29, 0.717) is 25.5 Å². The van der Waals surface area contributed by atoms with E-state index in [9.17, 15) is 4.79 Å². The van der Waals surface area contributed by atoms with Gasteiger partial charge in [0.05, 0.1) is 24.9 Å². The Labute approximate surface area is 205 Å². The van der Waals surface area contributed by atoms with E-state index in [4.69, 9.17) is 14.2 Å². The van der Waals surface area contributed by atoms with Crippen molar-refractivity contribution in [3.63, 3.8) is 0 Å². The normalized spacial score (nSPS) is 22.8. The third kappa shape index (κ3) is 4.48. The number of benzene rings is 2. The minimum atomic E-state index is -0.329. The first-order valence-corrected chi connectivity index (χ1v) is 11.5. The first-order chi connectivity index (χ1) is 17.7. The third-order valence-corrected chi connectivity index (χ3v) is 6.15. The Balaban J connectivity index is 1.07. The Morgan fingerprint density at radius 2 is 1.89 bits per heavy atom. The van der Waals surface area contributed by atoms with Crippen LogP contribution in [0, 0.1) is 0 Å². The van der Waals surface area contributed by atoms with Gasteiger partial charge in [-0.3, -0.25) is 0 Å². The molecule has 184 valence electrons. The van der Waals surface area contributed by atoms with Crippen LogP contribution in [-0.2, 0) is 16.0 Å². The first kappa shape index (κ1) is 22.1. The highest BCUT2D eigenvalue weighted by atomic mass is 16.6. The Morgan fingerprint density at radius 1 is 1.06 bits per heavy atom. The summed E-state index contributed by atoms with van der Waals surface area (Å²) in [6, 6.07) is 16.4. The summed E-state index contributed by atoms with van der Waals surface area (Å²) >= 11 is 0. The number of urea groups is 1. The molecule has 4 heterocycles. The Hall–Kier alpha value is -4.36. The van der Waals surface area contributed by atoms with Gasteiger partial charge in [-0.1, -0.05) is 35.4 Å². The smallest absolute Gasteiger partial charge is 0.341 e. The molecule has 2 saturated heterocycles. The zero-order valence-electron chi connectivity index (χ0n) is 19.0. The zero-order valence-corrected chi connectivity index (χ0v) is 19.0. The predicted octanol–water partition coefficient (Wildman–Crippen LogP) is 1.25. The molecule has 0 radical (unpaired) electrons. The maximum atomic E-state index is 12.4. The van der Waals surface area contributed by atoms with Crippen molar-refractivity contribution in [3.8, 4) is 17.4 Å².